The number of fused-ring (bicyclic) bond motifs is 1. The van der Waals surface area contributed by atoms with Crippen LogP contribution >= 0.6 is 15.9 Å². The normalized spacial score (nSPS) is 10.7. The van der Waals surface area contributed by atoms with Crippen LogP contribution in [0, 0.1) is 6.92 Å². The molecular formula is C21H20BrN3O4. The number of rotatable bonds is 7. The van der Waals surface area contributed by atoms with Gasteiger partial charge in [-0.3, -0.25) is 14.4 Å². The second kappa shape index (κ2) is 9.47. The molecule has 0 saturated heterocycles. The number of aromatic amines is 1. The van der Waals surface area contributed by atoms with Crippen molar-refractivity contribution in [3.05, 3.63) is 68.7 Å². The van der Waals surface area contributed by atoms with Gasteiger partial charge < -0.3 is 15.0 Å². The molecular weight excluding hydrogens is 438 g/mol. The van der Waals surface area contributed by atoms with E-state index in [1.807, 2.05) is 25.1 Å². The zero-order chi connectivity index (χ0) is 20.8. The number of ether oxygens (including phenoxy) is 1. The zero-order valence-corrected chi connectivity index (χ0v) is 17.4. The maximum Gasteiger partial charge on any atom is 0.306 e. The Bertz CT molecular complexity index is 1110. The summed E-state index contributed by atoms with van der Waals surface area (Å²) >= 11 is 3.36. The topological polar surface area (TPSA) is 101 Å². The summed E-state index contributed by atoms with van der Waals surface area (Å²) in [6.45, 7) is 1.52. The Morgan fingerprint density at radius 1 is 1.21 bits per heavy atom. The lowest BCUT2D eigenvalue weighted by Crippen LogP contribution is -2.21. The van der Waals surface area contributed by atoms with Gasteiger partial charge in [-0.2, -0.15) is 0 Å². The van der Waals surface area contributed by atoms with Gasteiger partial charge in [-0.25, -0.2) is 4.98 Å². The molecule has 29 heavy (non-hydrogen) atoms. The monoisotopic (exact) mass is 457 g/mol. The number of benzene rings is 2. The third-order valence-corrected chi connectivity index (χ3v) is 4.78. The summed E-state index contributed by atoms with van der Waals surface area (Å²) in [6.07, 6.45) is 1.01. The Kier molecular flexibility index (Phi) is 6.77. The predicted octanol–water partition coefficient (Wildman–Crippen LogP) is 3.50. The van der Waals surface area contributed by atoms with Gasteiger partial charge >= 0.3 is 5.97 Å². The minimum absolute atomic E-state index is 0.126. The van der Waals surface area contributed by atoms with E-state index < -0.39 is 11.9 Å². The molecule has 0 aliphatic heterocycles. The molecule has 1 aromatic heterocycles. The molecule has 7 nitrogen and oxygen atoms in total. The van der Waals surface area contributed by atoms with Gasteiger partial charge in [-0.15, -0.1) is 0 Å². The van der Waals surface area contributed by atoms with Crippen LogP contribution in [0.3, 0.4) is 0 Å². The van der Waals surface area contributed by atoms with Crippen LogP contribution in [-0.2, 0) is 20.7 Å². The second-order valence-electron chi connectivity index (χ2n) is 6.55. The van der Waals surface area contributed by atoms with E-state index in [2.05, 4.69) is 31.2 Å². The average Bonchev–Trinajstić information content (AvgIpc) is 2.69. The molecule has 0 bridgehead atoms. The van der Waals surface area contributed by atoms with Crippen molar-refractivity contribution in [2.75, 3.05) is 11.9 Å². The van der Waals surface area contributed by atoms with E-state index in [0.717, 1.165) is 10.0 Å². The SMILES string of the molecule is Cc1cc(Br)ccc1NC(=O)COC(=O)CCCc1nc2ccccc2c(=O)[nH]1. The third-order valence-electron chi connectivity index (χ3n) is 4.28. The van der Waals surface area contributed by atoms with Crippen LogP contribution in [0.1, 0.15) is 24.2 Å². The van der Waals surface area contributed by atoms with Crippen LogP contribution in [-0.4, -0.2) is 28.5 Å². The van der Waals surface area contributed by atoms with Crippen molar-refractivity contribution < 1.29 is 14.3 Å². The van der Waals surface area contributed by atoms with E-state index >= 15 is 0 Å². The number of nitrogens with one attached hydrogen (secondary N) is 2. The molecule has 2 aromatic carbocycles. The van der Waals surface area contributed by atoms with Crippen LogP contribution in [0.15, 0.2) is 51.7 Å². The summed E-state index contributed by atoms with van der Waals surface area (Å²) in [5.74, 6) is -0.356. The molecule has 1 heterocycles. The number of amides is 1. The summed E-state index contributed by atoms with van der Waals surface area (Å²) < 4.78 is 5.94. The summed E-state index contributed by atoms with van der Waals surface area (Å²) in [4.78, 5) is 43.0. The number of hydrogen-bond donors (Lipinski definition) is 2. The van der Waals surface area contributed by atoms with Gasteiger partial charge in [0.25, 0.3) is 11.5 Å². The number of para-hydroxylation sites is 1. The summed E-state index contributed by atoms with van der Waals surface area (Å²) in [6, 6.07) is 12.6. The standard InChI is InChI=1S/C21H20BrN3O4/c1-13-11-14(22)9-10-16(13)24-19(26)12-29-20(27)8-4-7-18-23-17-6-3-2-5-15(17)21(28)25-18/h2-3,5-6,9-11H,4,7-8,12H2,1H3,(H,24,26)(H,23,25,28). The van der Waals surface area contributed by atoms with E-state index in [0.29, 0.717) is 35.3 Å². The number of esters is 1. The lowest BCUT2D eigenvalue weighted by atomic mass is 10.2. The van der Waals surface area contributed by atoms with Crippen LogP contribution in [0.2, 0.25) is 0 Å². The summed E-state index contributed by atoms with van der Waals surface area (Å²) in [7, 11) is 0. The number of carbonyl (C=O) groups is 2. The van der Waals surface area contributed by atoms with Crippen LogP contribution in [0.25, 0.3) is 10.9 Å². The van der Waals surface area contributed by atoms with Crippen molar-refractivity contribution in [2.24, 2.45) is 0 Å². The number of halogens is 1. The van der Waals surface area contributed by atoms with E-state index in [9.17, 15) is 14.4 Å². The number of aromatic nitrogens is 2. The fourth-order valence-electron chi connectivity index (χ4n) is 2.83. The maximum absolute atomic E-state index is 12.0. The van der Waals surface area contributed by atoms with E-state index in [1.165, 1.54) is 0 Å². The molecule has 0 unspecified atom stereocenters. The Morgan fingerprint density at radius 2 is 2.00 bits per heavy atom. The molecule has 8 heteroatoms. The van der Waals surface area contributed by atoms with E-state index in [-0.39, 0.29) is 18.6 Å². The first kappa shape index (κ1) is 20.7. The molecule has 3 rings (SSSR count). The van der Waals surface area contributed by atoms with Crippen molar-refractivity contribution in [3.63, 3.8) is 0 Å². The van der Waals surface area contributed by atoms with Gasteiger partial charge in [0, 0.05) is 23.0 Å². The number of aryl methyl sites for hydroxylation is 2. The quantitative estimate of drug-likeness (QED) is 0.528. The fourth-order valence-corrected chi connectivity index (χ4v) is 3.30. The molecule has 0 spiro atoms. The van der Waals surface area contributed by atoms with E-state index in [1.54, 1.807) is 24.3 Å². The van der Waals surface area contributed by atoms with Gasteiger partial charge in [0.2, 0.25) is 0 Å². The number of carbonyl (C=O) groups excluding carboxylic acids is 2. The molecule has 0 saturated carbocycles. The predicted molar refractivity (Wildman–Crippen MR) is 114 cm³/mol. The molecule has 0 fully saturated rings. The maximum atomic E-state index is 12.0. The smallest absolute Gasteiger partial charge is 0.306 e. The first-order valence-corrected chi connectivity index (χ1v) is 9.91. The van der Waals surface area contributed by atoms with Crippen molar-refractivity contribution in [3.8, 4) is 0 Å². The fraction of sp³-hybridized carbons (Fsp3) is 0.238. The van der Waals surface area contributed by atoms with Crippen LogP contribution in [0.5, 0.6) is 0 Å². The largest absolute Gasteiger partial charge is 0.456 e. The Morgan fingerprint density at radius 3 is 2.79 bits per heavy atom. The first-order chi connectivity index (χ1) is 13.9. The number of H-pyrrole nitrogens is 1. The lowest BCUT2D eigenvalue weighted by molar-refractivity contribution is -0.147. The third kappa shape index (κ3) is 5.74. The zero-order valence-electron chi connectivity index (χ0n) is 15.8. The van der Waals surface area contributed by atoms with Gasteiger partial charge in [0.05, 0.1) is 10.9 Å². The molecule has 0 aliphatic carbocycles. The van der Waals surface area contributed by atoms with Crippen LogP contribution in [0.4, 0.5) is 5.69 Å². The minimum Gasteiger partial charge on any atom is -0.456 e. The number of hydrogen-bond acceptors (Lipinski definition) is 5. The molecule has 150 valence electrons. The van der Waals surface area contributed by atoms with E-state index in [4.69, 9.17) is 4.74 Å². The highest BCUT2D eigenvalue weighted by Gasteiger charge is 2.10. The van der Waals surface area contributed by atoms with Crippen molar-refractivity contribution in [1.82, 2.24) is 9.97 Å². The molecule has 0 aliphatic rings. The van der Waals surface area contributed by atoms with Gasteiger partial charge in [0.15, 0.2) is 6.61 Å². The minimum atomic E-state index is -0.476. The summed E-state index contributed by atoms with van der Waals surface area (Å²) in [5, 5.41) is 3.24. The Balaban J connectivity index is 1.44. The van der Waals surface area contributed by atoms with Gasteiger partial charge in [0.1, 0.15) is 5.82 Å². The van der Waals surface area contributed by atoms with Gasteiger partial charge in [-0.1, -0.05) is 28.1 Å². The molecule has 1 amide bonds. The first-order valence-electron chi connectivity index (χ1n) is 9.12. The average molecular weight is 458 g/mol. The molecule has 0 atom stereocenters. The highest BCUT2D eigenvalue weighted by molar-refractivity contribution is 9.10. The van der Waals surface area contributed by atoms with Crippen molar-refractivity contribution in [2.45, 2.75) is 26.2 Å². The number of anilines is 1. The molecule has 0 radical (unpaired) electrons. The highest BCUT2D eigenvalue weighted by atomic mass is 79.9. The lowest BCUT2D eigenvalue weighted by Gasteiger charge is -2.09. The summed E-state index contributed by atoms with van der Waals surface area (Å²) in [5.41, 5.74) is 1.98. The van der Waals surface area contributed by atoms with Crippen molar-refractivity contribution >= 4 is 44.4 Å². The highest BCUT2D eigenvalue weighted by Crippen LogP contribution is 2.19. The Labute approximate surface area is 175 Å². The van der Waals surface area contributed by atoms with Crippen LogP contribution < -0.4 is 10.9 Å². The number of nitrogens with zero attached hydrogens (tertiary/aromatic N) is 1. The molecule has 2 N–H and O–H groups in total. The van der Waals surface area contributed by atoms with Gasteiger partial charge in [-0.05, 0) is 49.2 Å². The second-order valence-corrected chi connectivity index (χ2v) is 7.47. The Hall–Kier alpha value is -3.00. The van der Waals surface area contributed by atoms with Crippen molar-refractivity contribution in [1.29, 1.82) is 0 Å². The molecule has 3 aromatic rings.